The summed E-state index contributed by atoms with van der Waals surface area (Å²) in [7, 11) is -0.924. The van der Waals surface area contributed by atoms with Crippen molar-refractivity contribution in [2.75, 3.05) is 14.2 Å². The summed E-state index contributed by atoms with van der Waals surface area (Å²) in [5.41, 5.74) is 4.04. The van der Waals surface area contributed by atoms with Gasteiger partial charge in [0.2, 0.25) is 10.0 Å². The average molecular weight is 625 g/mol. The zero-order valence-electron chi connectivity index (χ0n) is 24.7. The van der Waals surface area contributed by atoms with Gasteiger partial charge in [-0.05, 0) is 48.9 Å². The van der Waals surface area contributed by atoms with Gasteiger partial charge in [0.25, 0.3) is 5.91 Å². The highest BCUT2D eigenvalue weighted by molar-refractivity contribution is 7.89. The van der Waals surface area contributed by atoms with Crippen LogP contribution in [0, 0.1) is 5.82 Å². The number of amides is 1. The van der Waals surface area contributed by atoms with Crippen molar-refractivity contribution in [2.24, 2.45) is 0 Å². The maximum Gasteiger partial charge on any atom is 0.252 e. The molecule has 9 rings (SSSR count). The topological polar surface area (TPSA) is 94.8 Å². The van der Waals surface area contributed by atoms with Crippen LogP contribution in [0.15, 0.2) is 77.7 Å². The number of hydrogen-bond donors (Lipinski definition) is 1. The molecule has 11 heteroatoms. The SMILES string of the molecule is CO[C@@H]1[C@H](N(C)S(=O)(=O)c2ccc(F)cc2)C[C@H]2O[C@]1(C)n1c3ccccc3c3c4c(c5c6ccccc6n2c5c31)C(=O)NC4. The lowest BCUT2D eigenvalue weighted by atomic mass is 9.93. The predicted octanol–water partition coefficient (Wildman–Crippen LogP) is 5.59. The summed E-state index contributed by atoms with van der Waals surface area (Å²) in [4.78, 5) is 13.5. The third-order valence-electron chi connectivity index (χ3n) is 10.2. The smallest absolute Gasteiger partial charge is 0.252 e. The molecule has 1 fully saturated rings. The van der Waals surface area contributed by atoms with Gasteiger partial charge in [-0.2, -0.15) is 4.31 Å². The molecule has 0 aliphatic carbocycles. The minimum atomic E-state index is -4.05. The van der Waals surface area contributed by atoms with Gasteiger partial charge in [0.05, 0.1) is 38.6 Å². The van der Waals surface area contributed by atoms with Crippen LogP contribution in [0.3, 0.4) is 0 Å². The largest absolute Gasteiger partial charge is 0.375 e. The standard InChI is InChI=1S/C34H29FN4O5S/c1-34-32(43-3)25(37(2)45(41,42)19-14-12-18(35)13-15-19)16-26(44-34)38-23-10-6-4-8-20(23)28-29-22(17-36-33(29)40)27-21-9-5-7-11-24(21)39(34)31(27)30(28)38/h4-15,25-26,32H,16-17H2,1-3H3,(H,36,40)/t25-,26-,32-,34+/m1/s1. The number of ether oxygens (including phenoxy) is 2. The van der Waals surface area contributed by atoms with Crippen LogP contribution < -0.4 is 5.32 Å². The molecule has 9 nitrogen and oxygen atoms in total. The number of carbonyl (C=O) groups excluding carboxylic acids is 1. The van der Waals surface area contributed by atoms with Gasteiger partial charge in [-0.3, -0.25) is 4.79 Å². The number of fused-ring (bicyclic) bond motifs is 13. The van der Waals surface area contributed by atoms with E-state index in [2.05, 4.69) is 20.5 Å². The highest BCUT2D eigenvalue weighted by Gasteiger charge is 2.55. The zero-order chi connectivity index (χ0) is 31.0. The number of likely N-dealkylation sites (N-methyl/N-ethyl adjacent to an activating group) is 1. The fourth-order valence-electron chi connectivity index (χ4n) is 8.32. The third kappa shape index (κ3) is 3.26. The maximum atomic E-state index is 14.1. The van der Waals surface area contributed by atoms with Gasteiger partial charge in [0, 0.05) is 48.7 Å². The minimum absolute atomic E-state index is 0.00537. The summed E-state index contributed by atoms with van der Waals surface area (Å²) in [5.74, 6) is -0.620. The van der Waals surface area contributed by atoms with Crippen molar-refractivity contribution in [3.05, 3.63) is 89.7 Å². The fraction of sp³-hybridized carbons (Fsp3) is 0.265. The number of sulfonamides is 1. The van der Waals surface area contributed by atoms with Crippen LogP contribution in [0.4, 0.5) is 4.39 Å². The summed E-state index contributed by atoms with van der Waals surface area (Å²) >= 11 is 0. The van der Waals surface area contributed by atoms with E-state index < -0.39 is 39.9 Å². The Labute approximate surface area is 257 Å². The van der Waals surface area contributed by atoms with E-state index in [1.807, 2.05) is 49.4 Å². The van der Waals surface area contributed by atoms with E-state index in [9.17, 15) is 17.6 Å². The molecule has 1 N–H and O–H groups in total. The number of halogens is 1. The van der Waals surface area contributed by atoms with Crippen molar-refractivity contribution in [1.29, 1.82) is 0 Å². The van der Waals surface area contributed by atoms with Gasteiger partial charge < -0.3 is 23.9 Å². The molecule has 2 aromatic heterocycles. The molecule has 3 aliphatic rings. The van der Waals surface area contributed by atoms with Gasteiger partial charge >= 0.3 is 0 Å². The first-order chi connectivity index (χ1) is 21.7. The Morgan fingerprint density at radius 2 is 1.64 bits per heavy atom. The third-order valence-corrected chi connectivity index (χ3v) is 12.1. The summed E-state index contributed by atoms with van der Waals surface area (Å²) in [5, 5.41) is 6.84. The molecular formula is C34H29FN4O5S. The second kappa shape index (κ2) is 8.91. The number of para-hydroxylation sites is 2. The molecule has 0 radical (unpaired) electrons. The number of benzene rings is 4. The van der Waals surface area contributed by atoms with Gasteiger partial charge in [0.1, 0.15) is 18.1 Å². The summed E-state index contributed by atoms with van der Waals surface area (Å²) in [6.45, 7) is 2.37. The molecule has 4 atom stereocenters. The molecule has 0 saturated carbocycles. The van der Waals surface area contributed by atoms with E-state index in [4.69, 9.17) is 9.47 Å². The van der Waals surface area contributed by atoms with Crippen LogP contribution in [-0.4, -0.2) is 54.1 Å². The van der Waals surface area contributed by atoms with Gasteiger partial charge in [-0.25, -0.2) is 12.8 Å². The molecule has 5 heterocycles. The Balaban J connectivity index is 1.41. The molecule has 2 bridgehead atoms. The van der Waals surface area contributed by atoms with E-state index in [0.717, 1.165) is 61.3 Å². The van der Waals surface area contributed by atoms with Gasteiger partial charge in [-0.15, -0.1) is 0 Å². The van der Waals surface area contributed by atoms with Gasteiger partial charge in [0.15, 0.2) is 5.72 Å². The lowest BCUT2D eigenvalue weighted by molar-refractivity contribution is -0.262. The van der Waals surface area contributed by atoms with Crippen molar-refractivity contribution in [2.45, 2.75) is 48.9 Å². The molecule has 1 amide bonds. The molecule has 1 saturated heterocycles. The van der Waals surface area contributed by atoms with E-state index in [1.54, 1.807) is 14.2 Å². The molecule has 0 unspecified atom stereocenters. The van der Waals surface area contributed by atoms with E-state index in [-0.39, 0.29) is 17.2 Å². The number of nitrogens with one attached hydrogen (secondary N) is 1. The highest BCUT2D eigenvalue weighted by atomic mass is 32.2. The normalized spacial score (nSPS) is 24.3. The van der Waals surface area contributed by atoms with E-state index >= 15 is 0 Å². The Morgan fingerprint density at radius 1 is 0.978 bits per heavy atom. The average Bonchev–Trinajstić information content (AvgIpc) is 3.68. The lowest BCUT2D eigenvalue weighted by Gasteiger charge is -2.50. The monoisotopic (exact) mass is 624 g/mol. The van der Waals surface area contributed by atoms with Gasteiger partial charge in [-0.1, -0.05) is 36.4 Å². The molecular weight excluding hydrogens is 595 g/mol. The number of nitrogens with zero attached hydrogens (tertiary/aromatic N) is 3. The second-order valence-electron chi connectivity index (χ2n) is 12.3. The maximum absolute atomic E-state index is 14.1. The molecule has 6 aromatic rings. The summed E-state index contributed by atoms with van der Waals surface area (Å²) in [6, 6.07) is 20.2. The van der Waals surface area contributed by atoms with Crippen LogP contribution in [0.1, 0.15) is 35.5 Å². The van der Waals surface area contributed by atoms with Crippen LogP contribution in [0.25, 0.3) is 43.6 Å². The predicted molar refractivity (Wildman–Crippen MR) is 168 cm³/mol. The first-order valence-corrected chi connectivity index (χ1v) is 16.3. The second-order valence-corrected chi connectivity index (χ2v) is 14.3. The first-order valence-electron chi connectivity index (χ1n) is 14.9. The fourth-order valence-corrected chi connectivity index (χ4v) is 9.69. The van der Waals surface area contributed by atoms with Crippen molar-refractivity contribution >= 4 is 59.5 Å². The molecule has 3 aliphatic heterocycles. The summed E-state index contributed by atoms with van der Waals surface area (Å²) < 4.78 is 60.9. The number of carbonyl (C=O) groups is 1. The number of hydrogen-bond acceptors (Lipinski definition) is 5. The number of rotatable bonds is 4. The van der Waals surface area contributed by atoms with Crippen molar-refractivity contribution in [3.8, 4) is 0 Å². The van der Waals surface area contributed by atoms with Crippen molar-refractivity contribution in [1.82, 2.24) is 18.8 Å². The lowest BCUT2D eigenvalue weighted by Crippen LogP contribution is -2.61. The van der Waals surface area contributed by atoms with Crippen LogP contribution in [0.5, 0.6) is 0 Å². The van der Waals surface area contributed by atoms with Crippen molar-refractivity contribution < 1.29 is 27.1 Å². The zero-order valence-corrected chi connectivity index (χ0v) is 25.6. The Morgan fingerprint density at radius 3 is 2.36 bits per heavy atom. The molecule has 4 aromatic carbocycles. The molecule has 45 heavy (non-hydrogen) atoms. The number of methoxy groups -OCH3 is 1. The van der Waals surface area contributed by atoms with Crippen molar-refractivity contribution in [3.63, 3.8) is 0 Å². The Hall–Kier alpha value is -4.29. The minimum Gasteiger partial charge on any atom is -0.375 e. The molecule has 0 spiro atoms. The first kappa shape index (κ1) is 27.1. The molecule has 228 valence electrons. The summed E-state index contributed by atoms with van der Waals surface area (Å²) in [6.07, 6.45) is -1.08. The Kier molecular flexibility index (Phi) is 5.36. The van der Waals surface area contributed by atoms with Crippen LogP contribution in [-0.2, 0) is 31.8 Å². The van der Waals surface area contributed by atoms with E-state index in [0.29, 0.717) is 12.1 Å². The van der Waals surface area contributed by atoms with Crippen LogP contribution >= 0.6 is 0 Å². The van der Waals surface area contributed by atoms with Crippen LogP contribution in [0.2, 0.25) is 0 Å². The number of aromatic nitrogens is 2. The quantitative estimate of drug-likeness (QED) is 0.276. The Bertz CT molecular complexity index is 2380. The van der Waals surface area contributed by atoms with E-state index in [1.165, 1.54) is 16.4 Å². The highest BCUT2D eigenvalue weighted by Crippen LogP contribution is 2.54.